The molecule has 0 bridgehead atoms. The number of hydrogen-bond acceptors (Lipinski definition) is 7. The lowest BCUT2D eigenvalue weighted by atomic mass is 10.0. The molecule has 1 saturated heterocycles. The van der Waals surface area contributed by atoms with E-state index >= 15 is 0 Å². The molecule has 5 rings (SSSR count). The normalized spacial score (nSPS) is 16.1. The Kier molecular flexibility index (Phi) is 6.18. The summed E-state index contributed by atoms with van der Waals surface area (Å²) in [5.74, 6) is 0.770. The SMILES string of the molecule is C.COc1ccc(Cn2c(=O)n3ncnc3c3cc(CN4CCOCC4(C)C)cnc32)cc1. The van der Waals surface area contributed by atoms with Gasteiger partial charge in [-0.1, -0.05) is 19.6 Å². The molecule has 1 aromatic carbocycles. The maximum Gasteiger partial charge on any atom is 0.352 e. The first-order valence-electron chi connectivity index (χ1n) is 10.6. The number of hydrogen-bond donors (Lipinski definition) is 0. The quantitative estimate of drug-likeness (QED) is 0.462. The average Bonchev–Trinajstić information content (AvgIpc) is 3.29. The highest BCUT2D eigenvalue weighted by Crippen LogP contribution is 2.24. The van der Waals surface area contributed by atoms with E-state index in [4.69, 9.17) is 14.5 Å². The molecule has 1 fully saturated rings. The van der Waals surface area contributed by atoms with Crippen LogP contribution in [0.2, 0.25) is 0 Å². The Morgan fingerprint density at radius 3 is 2.61 bits per heavy atom. The predicted octanol–water partition coefficient (Wildman–Crippen LogP) is 2.74. The minimum atomic E-state index is -0.268. The van der Waals surface area contributed by atoms with Crippen LogP contribution in [0.5, 0.6) is 5.75 Å². The van der Waals surface area contributed by atoms with E-state index in [1.54, 1.807) is 11.7 Å². The summed E-state index contributed by atoms with van der Waals surface area (Å²) in [6.45, 7) is 7.77. The van der Waals surface area contributed by atoms with Gasteiger partial charge in [-0.25, -0.2) is 14.8 Å². The van der Waals surface area contributed by atoms with Gasteiger partial charge in [-0.15, -0.1) is 0 Å². The fourth-order valence-electron chi connectivity index (χ4n) is 4.20. The summed E-state index contributed by atoms with van der Waals surface area (Å²) in [6.07, 6.45) is 3.26. The fourth-order valence-corrected chi connectivity index (χ4v) is 4.20. The number of fused-ring (bicyclic) bond motifs is 3. The van der Waals surface area contributed by atoms with Gasteiger partial charge in [0, 0.05) is 24.8 Å². The zero-order chi connectivity index (χ0) is 22.3. The largest absolute Gasteiger partial charge is 0.497 e. The Hall–Kier alpha value is -3.30. The van der Waals surface area contributed by atoms with Gasteiger partial charge in [0.25, 0.3) is 0 Å². The molecule has 0 N–H and O–H groups in total. The van der Waals surface area contributed by atoms with E-state index in [2.05, 4.69) is 34.9 Å². The maximum atomic E-state index is 13.2. The second-order valence-corrected chi connectivity index (χ2v) is 8.71. The van der Waals surface area contributed by atoms with Gasteiger partial charge in [0.1, 0.15) is 17.7 Å². The Bertz CT molecular complexity index is 1330. The first kappa shape index (κ1) is 22.9. The lowest BCUT2D eigenvalue weighted by Crippen LogP contribution is -2.52. The molecule has 0 spiro atoms. The fraction of sp³-hybridized carbons (Fsp3) is 0.417. The van der Waals surface area contributed by atoms with Crippen molar-refractivity contribution in [3.8, 4) is 5.75 Å². The van der Waals surface area contributed by atoms with E-state index in [1.165, 1.54) is 10.8 Å². The Labute approximate surface area is 192 Å². The van der Waals surface area contributed by atoms with Crippen LogP contribution in [0.15, 0.2) is 47.7 Å². The summed E-state index contributed by atoms with van der Waals surface area (Å²) in [4.78, 5) is 24.6. The molecule has 174 valence electrons. The van der Waals surface area contributed by atoms with E-state index in [0.717, 1.165) is 42.0 Å². The van der Waals surface area contributed by atoms with Crippen molar-refractivity contribution in [2.45, 2.75) is 39.9 Å². The van der Waals surface area contributed by atoms with Gasteiger partial charge in [0.15, 0.2) is 5.65 Å². The van der Waals surface area contributed by atoms with Gasteiger partial charge in [-0.2, -0.15) is 9.61 Å². The molecule has 9 nitrogen and oxygen atoms in total. The number of pyridine rings is 1. The van der Waals surface area contributed by atoms with Crippen LogP contribution in [-0.4, -0.2) is 61.5 Å². The highest BCUT2D eigenvalue weighted by atomic mass is 16.5. The third-order valence-corrected chi connectivity index (χ3v) is 6.07. The molecule has 0 unspecified atom stereocenters. The number of ether oxygens (including phenoxy) is 2. The second kappa shape index (κ2) is 8.92. The first-order valence-corrected chi connectivity index (χ1v) is 10.6. The summed E-state index contributed by atoms with van der Waals surface area (Å²) in [5, 5.41) is 4.97. The smallest absolute Gasteiger partial charge is 0.352 e. The van der Waals surface area contributed by atoms with E-state index in [9.17, 15) is 4.79 Å². The topological polar surface area (TPSA) is 86.8 Å². The van der Waals surface area contributed by atoms with Crippen molar-refractivity contribution < 1.29 is 9.47 Å². The number of aromatic nitrogens is 5. The molecule has 4 aromatic rings. The second-order valence-electron chi connectivity index (χ2n) is 8.71. The highest BCUT2D eigenvalue weighted by Gasteiger charge is 2.30. The minimum Gasteiger partial charge on any atom is -0.497 e. The van der Waals surface area contributed by atoms with Gasteiger partial charge in [-0.3, -0.25) is 9.47 Å². The summed E-state index contributed by atoms with van der Waals surface area (Å²) >= 11 is 0. The number of morpholine rings is 1. The number of benzene rings is 1. The summed E-state index contributed by atoms with van der Waals surface area (Å²) < 4.78 is 13.9. The Morgan fingerprint density at radius 1 is 1.09 bits per heavy atom. The summed E-state index contributed by atoms with van der Waals surface area (Å²) in [7, 11) is 1.63. The van der Waals surface area contributed by atoms with E-state index in [-0.39, 0.29) is 18.7 Å². The number of nitrogens with zero attached hydrogens (tertiary/aromatic N) is 6. The zero-order valence-corrected chi connectivity index (χ0v) is 18.5. The molecule has 1 aliphatic heterocycles. The van der Waals surface area contributed by atoms with E-state index in [1.807, 2.05) is 30.5 Å². The van der Waals surface area contributed by atoms with Crippen molar-refractivity contribution >= 4 is 16.7 Å². The van der Waals surface area contributed by atoms with Crippen molar-refractivity contribution in [1.82, 2.24) is 29.0 Å². The molecule has 0 aliphatic carbocycles. The van der Waals surface area contributed by atoms with Gasteiger partial charge in [0.2, 0.25) is 0 Å². The third-order valence-electron chi connectivity index (χ3n) is 6.07. The summed E-state index contributed by atoms with van der Waals surface area (Å²) in [5.41, 5.74) is 2.82. The molecule has 1 aliphatic rings. The molecule has 33 heavy (non-hydrogen) atoms. The average molecular weight is 451 g/mol. The molecule has 3 aromatic heterocycles. The molecule has 0 amide bonds. The third kappa shape index (κ3) is 4.21. The Morgan fingerprint density at radius 2 is 1.88 bits per heavy atom. The van der Waals surface area contributed by atoms with Crippen molar-refractivity contribution in [2.24, 2.45) is 0 Å². The van der Waals surface area contributed by atoms with Crippen LogP contribution in [0.25, 0.3) is 16.7 Å². The summed E-state index contributed by atoms with van der Waals surface area (Å²) in [6, 6.07) is 9.72. The predicted molar refractivity (Wildman–Crippen MR) is 127 cm³/mol. The molecular weight excluding hydrogens is 420 g/mol. The Balaban J connectivity index is 0.00000259. The first-order chi connectivity index (χ1) is 15.5. The molecule has 0 saturated carbocycles. The standard InChI is InChI=1S/C23H26N6O3.CH4/c1-23(2)14-32-9-8-27(23)12-17-10-19-20(24-11-17)28(22(30)29-21(19)25-15-26-29)13-16-4-6-18(31-3)7-5-16;/h4-7,10-11,15H,8-9,12-14H2,1-3H3;1H4. The van der Waals surface area contributed by atoms with Gasteiger partial charge < -0.3 is 9.47 Å². The molecular formula is C24H30N6O3. The van der Waals surface area contributed by atoms with Crippen LogP contribution >= 0.6 is 0 Å². The van der Waals surface area contributed by atoms with E-state index in [0.29, 0.717) is 24.4 Å². The van der Waals surface area contributed by atoms with Crippen molar-refractivity contribution in [1.29, 1.82) is 0 Å². The van der Waals surface area contributed by atoms with Crippen molar-refractivity contribution in [2.75, 3.05) is 26.9 Å². The minimum absolute atomic E-state index is 0. The molecule has 9 heteroatoms. The van der Waals surface area contributed by atoms with Crippen LogP contribution in [0.4, 0.5) is 0 Å². The van der Waals surface area contributed by atoms with Crippen molar-refractivity contribution in [3.63, 3.8) is 0 Å². The van der Waals surface area contributed by atoms with Gasteiger partial charge in [-0.05, 0) is 43.2 Å². The van der Waals surface area contributed by atoms with E-state index < -0.39 is 0 Å². The lowest BCUT2D eigenvalue weighted by molar-refractivity contribution is -0.0553. The van der Waals surface area contributed by atoms with Crippen LogP contribution in [0.1, 0.15) is 32.4 Å². The zero-order valence-electron chi connectivity index (χ0n) is 18.5. The highest BCUT2D eigenvalue weighted by molar-refractivity contribution is 5.89. The van der Waals surface area contributed by atoms with Gasteiger partial charge >= 0.3 is 5.69 Å². The van der Waals surface area contributed by atoms with Crippen LogP contribution in [0, 0.1) is 0 Å². The van der Waals surface area contributed by atoms with Crippen LogP contribution in [-0.2, 0) is 17.8 Å². The van der Waals surface area contributed by atoms with Gasteiger partial charge in [0.05, 0.1) is 32.3 Å². The monoisotopic (exact) mass is 450 g/mol. The van der Waals surface area contributed by atoms with Crippen molar-refractivity contribution in [3.05, 3.63) is 64.5 Å². The van der Waals surface area contributed by atoms with Crippen LogP contribution in [0.3, 0.4) is 0 Å². The number of methoxy groups -OCH3 is 1. The molecule has 0 atom stereocenters. The lowest BCUT2D eigenvalue weighted by Gasteiger charge is -2.42. The molecule has 4 heterocycles. The maximum absolute atomic E-state index is 13.2. The number of rotatable bonds is 5. The molecule has 0 radical (unpaired) electrons. The van der Waals surface area contributed by atoms with Crippen LogP contribution < -0.4 is 10.4 Å².